The van der Waals surface area contributed by atoms with Gasteiger partial charge in [-0.3, -0.25) is 9.59 Å². The van der Waals surface area contributed by atoms with Gasteiger partial charge >= 0.3 is 0 Å². The van der Waals surface area contributed by atoms with Crippen molar-refractivity contribution in [1.82, 2.24) is 10.2 Å². The van der Waals surface area contributed by atoms with Gasteiger partial charge in [0.1, 0.15) is 17.6 Å². The second kappa shape index (κ2) is 10.6. The number of aryl methyl sites for hydroxylation is 1. The summed E-state index contributed by atoms with van der Waals surface area (Å²) in [4.78, 5) is 27.1. The Morgan fingerprint density at radius 2 is 1.76 bits per heavy atom. The molecule has 156 valence electrons. The Labute approximate surface area is 171 Å². The van der Waals surface area contributed by atoms with Crippen LogP contribution in [0.2, 0.25) is 0 Å². The third-order valence-corrected chi connectivity index (χ3v) is 4.95. The van der Waals surface area contributed by atoms with Crippen molar-refractivity contribution in [3.8, 4) is 5.75 Å². The fraction of sp³-hybridized carbons (Fsp3) is 0.391. The van der Waals surface area contributed by atoms with Gasteiger partial charge in [0.25, 0.3) is 5.91 Å². The Hall–Kier alpha value is -2.89. The van der Waals surface area contributed by atoms with Gasteiger partial charge in [-0.25, -0.2) is 4.39 Å². The number of hydrogen-bond donors (Lipinski definition) is 1. The molecule has 0 radical (unpaired) electrons. The highest BCUT2D eigenvalue weighted by Gasteiger charge is 2.27. The van der Waals surface area contributed by atoms with Gasteiger partial charge in [0, 0.05) is 12.6 Å². The maximum atomic E-state index is 13.0. The molecule has 0 aromatic heterocycles. The second-order valence-corrected chi connectivity index (χ2v) is 7.18. The average Bonchev–Trinajstić information content (AvgIpc) is 2.71. The number of carbonyl (C=O) groups is 2. The SMILES string of the molecule is CC[C@@H](C)NC(=O)[C@@H](C)N(Cc1ccccc1C)C(=O)COc1ccc(F)cc1. The maximum absolute atomic E-state index is 13.0. The van der Waals surface area contributed by atoms with E-state index < -0.39 is 6.04 Å². The van der Waals surface area contributed by atoms with Crippen molar-refractivity contribution < 1.29 is 18.7 Å². The molecule has 0 saturated carbocycles. The van der Waals surface area contributed by atoms with Crippen LogP contribution in [0.1, 0.15) is 38.3 Å². The van der Waals surface area contributed by atoms with Gasteiger partial charge < -0.3 is 15.0 Å². The minimum absolute atomic E-state index is 0.0239. The van der Waals surface area contributed by atoms with Crippen molar-refractivity contribution in [2.45, 2.75) is 52.7 Å². The lowest BCUT2D eigenvalue weighted by atomic mass is 10.1. The molecule has 1 N–H and O–H groups in total. The molecule has 0 bridgehead atoms. The molecule has 0 fully saturated rings. The van der Waals surface area contributed by atoms with Crippen LogP contribution in [0.3, 0.4) is 0 Å². The second-order valence-electron chi connectivity index (χ2n) is 7.18. The minimum Gasteiger partial charge on any atom is -0.484 e. The van der Waals surface area contributed by atoms with Gasteiger partial charge in [-0.15, -0.1) is 0 Å². The van der Waals surface area contributed by atoms with E-state index in [2.05, 4.69) is 5.32 Å². The summed E-state index contributed by atoms with van der Waals surface area (Å²) in [7, 11) is 0. The standard InChI is InChI=1S/C23H29FN2O3/c1-5-17(3)25-23(28)18(4)26(14-19-9-7-6-8-16(19)2)22(27)15-29-21-12-10-20(24)11-13-21/h6-13,17-18H,5,14-15H2,1-4H3,(H,25,28)/t17-,18-/m1/s1. The molecule has 0 unspecified atom stereocenters. The summed E-state index contributed by atoms with van der Waals surface area (Å²) in [5.41, 5.74) is 2.00. The lowest BCUT2D eigenvalue weighted by molar-refractivity contribution is -0.142. The Bertz CT molecular complexity index is 823. The van der Waals surface area contributed by atoms with E-state index in [4.69, 9.17) is 4.74 Å². The first-order chi connectivity index (χ1) is 13.8. The quantitative estimate of drug-likeness (QED) is 0.696. The molecule has 2 aromatic rings. The van der Waals surface area contributed by atoms with Crippen LogP contribution in [-0.4, -0.2) is 35.4 Å². The molecule has 2 rings (SSSR count). The Balaban J connectivity index is 2.15. The summed E-state index contributed by atoms with van der Waals surface area (Å²) in [6.45, 7) is 7.66. The summed E-state index contributed by atoms with van der Waals surface area (Å²) in [6.07, 6.45) is 0.803. The lowest BCUT2D eigenvalue weighted by Gasteiger charge is -2.30. The van der Waals surface area contributed by atoms with Crippen LogP contribution >= 0.6 is 0 Å². The van der Waals surface area contributed by atoms with Crippen molar-refractivity contribution in [1.29, 1.82) is 0 Å². The van der Waals surface area contributed by atoms with Crippen molar-refractivity contribution in [2.75, 3.05) is 6.61 Å². The average molecular weight is 400 g/mol. The molecule has 2 aromatic carbocycles. The number of benzene rings is 2. The molecule has 5 nitrogen and oxygen atoms in total. The summed E-state index contributed by atoms with van der Waals surface area (Å²) >= 11 is 0. The van der Waals surface area contributed by atoms with Gasteiger partial charge in [0.05, 0.1) is 0 Å². The third kappa shape index (κ3) is 6.59. The Morgan fingerprint density at radius 1 is 1.10 bits per heavy atom. The van der Waals surface area contributed by atoms with E-state index in [0.717, 1.165) is 17.5 Å². The van der Waals surface area contributed by atoms with E-state index in [9.17, 15) is 14.0 Å². The van der Waals surface area contributed by atoms with Crippen LogP contribution in [0, 0.1) is 12.7 Å². The van der Waals surface area contributed by atoms with Crippen LogP contribution in [0.5, 0.6) is 5.75 Å². The van der Waals surface area contributed by atoms with Crippen LogP contribution < -0.4 is 10.1 Å². The fourth-order valence-electron chi connectivity index (χ4n) is 2.78. The molecular weight excluding hydrogens is 371 g/mol. The molecule has 0 saturated heterocycles. The summed E-state index contributed by atoms with van der Waals surface area (Å²) in [5.74, 6) is -0.500. The number of ether oxygens (including phenoxy) is 1. The summed E-state index contributed by atoms with van der Waals surface area (Å²) < 4.78 is 18.6. The smallest absolute Gasteiger partial charge is 0.261 e. The Morgan fingerprint density at radius 3 is 2.38 bits per heavy atom. The molecule has 0 aliphatic carbocycles. The topological polar surface area (TPSA) is 58.6 Å². The van der Waals surface area contributed by atoms with E-state index in [0.29, 0.717) is 12.3 Å². The molecule has 2 amide bonds. The monoisotopic (exact) mass is 400 g/mol. The van der Waals surface area contributed by atoms with E-state index in [1.165, 1.54) is 29.2 Å². The maximum Gasteiger partial charge on any atom is 0.261 e. The predicted octanol–water partition coefficient (Wildman–Crippen LogP) is 3.84. The van der Waals surface area contributed by atoms with Gasteiger partial charge in [0.2, 0.25) is 5.91 Å². The molecule has 29 heavy (non-hydrogen) atoms. The minimum atomic E-state index is -0.659. The van der Waals surface area contributed by atoms with Gasteiger partial charge in [-0.1, -0.05) is 31.2 Å². The normalized spacial score (nSPS) is 12.7. The fourth-order valence-corrected chi connectivity index (χ4v) is 2.78. The molecule has 0 heterocycles. The van der Waals surface area contributed by atoms with E-state index in [1.807, 2.05) is 45.0 Å². The van der Waals surface area contributed by atoms with Crippen molar-refractivity contribution >= 4 is 11.8 Å². The number of rotatable bonds is 9. The first-order valence-corrected chi connectivity index (χ1v) is 9.84. The highest BCUT2D eigenvalue weighted by molar-refractivity contribution is 5.88. The zero-order valence-electron chi connectivity index (χ0n) is 17.4. The van der Waals surface area contributed by atoms with E-state index >= 15 is 0 Å². The van der Waals surface area contributed by atoms with Gasteiger partial charge in [-0.05, 0) is 62.6 Å². The zero-order valence-corrected chi connectivity index (χ0v) is 17.4. The molecule has 0 spiro atoms. The zero-order chi connectivity index (χ0) is 21.4. The van der Waals surface area contributed by atoms with Gasteiger partial charge in [-0.2, -0.15) is 0 Å². The molecule has 6 heteroatoms. The van der Waals surface area contributed by atoms with Gasteiger partial charge in [0.15, 0.2) is 6.61 Å². The number of carbonyl (C=O) groups excluding carboxylic acids is 2. The van der Waals surface area contributed by atoms with Crippen molar-refractivity contribution in [3.63, 3.8) is 0 Å². The highest BCUT2D eigenvalue weighted by atomic mass is 19.1. The molecule has 0 aliphatic heterocycles. The van der Waals surface area contributed by atoms with Crippen LogP contribution in [0.15, 0.2) is 48.5 Å². The number of halogens is 1. The first kappa shape index (κ1) is 22.4. The molecule has 2 atom stereocenters. The van der Waals surface area contributed by atoms with E-state index in [-0.39, 0.29) is 30.3 Å². The van der Waals surface area contributed by atoms with E-state index in [1.54, 1.807) is 6.92 Å². The largest absolute Gasteiger partial charge is 0.484 e. The third-order valence-electron chi connectivity index (χ3n) is 4.95. The van der Waals surface area contributed by atoms with Crippen molar-refractivity contribution in [2.24, 2.45) is 0 Å². The van der Waals surface area contributed by atoms with Crippen LogP contribution in [0.4, 0.5) is 4.39 Å². The first-order valence-electron chi connectivity index (χ1n) is 9.84. The number of hydrogen-bond acceptors (Lipinski definition) is 3. The van der Waals surface area contributed by atoms with Crippen LogP contribution in [-0.2, 0) is 16.1 Å². The number of nitrogens with zero attached hydrogens (tertiary/aromatic N) is 1. The van der Waals surface area contributed by atoms with Crippen LogP contribution in [0.25, 0.3) is 0 Å². The number of amides is 2. The highest BCUT2D eigenvalue weighted by Crippen LogP contribution is 2.15. The number of nitrogens with one attached hydrogen (secondary N) is 1. The Kier molecular flexibility index (Phi) is 8.19. The summed E-state index contributed by atoms with van der Waals surface area (Å²) in [5, 5.41) is 2.93. The van der Waals surface area contributed by atoms with Crippen molar-refractivity contribution in [3.05, 3.63) is 65.5 Å². The molecular formula is C23H29FN2O3. The predicted molar refractivity (Wildman–Crippen MR) is 111 cm³/mol. The summed E-state index contributed by atoms with van der Waals surface area (Å²) in [6, 6.07) is 12.6. The molecule has 0 aliphatic rings. The lowest BCUT2D eigenvalue weighted by Crippen LogP contribution is -2.50.